The molecule has 0 saturated heterocycles. The third-order valence-corrected chi connectivity index (χ3v) is 1.03. The Hall–Kier alpha value is -1.65. The molecule has 0 aromatic carbocycles. The second kappa shape index (κ2) is 2.53. The molecule has 0 aliphatic heterocycles. The first-order chi connectivity index (χ1) is 5.09. The van der Waals surface area contributed by atoms with Gasteiger partial charge in [-0.25, -0.2) is 14.2 Å². The highest BCUT2D eigenvalue weighted by Crippen LogP contribution is 2.05. The van der Waals surface area contributed by atoms with Gasteiger partial charge in [0.25, 0.3) is 0 Å². The number of carbonyl (C=O) groups is 1. The molecular formula is C6H5FN2O2. The smallest absolute Gasteiger partial charge is 0.354 e. The largest absolute Gasteiger partial charge is 0.477 e. The summed E-state index contributed by atoms with van der Waals surface area (Å²) >= 11 is 0. The van der Waals surface area contributed by atoms with E-state index in [1.54, 1.807) is 0 Å². The Balaban J connectivity index is 3.19. The number of nitrogen functional groups attached to an aromatic ring is 1. The van der Waals surface area contributed by atoms with Crippen LogP contribution in [0.25, 0.3) is 0 Å². The number of nitrogens with two attached hydrogens (primary N) is 1. The van der Waals surface area contributed by atoms with Gasteiger partial charge in [-0.3, -0.25) is 0 Å². The lowest BCUT2D eigenvalue weighted by Crippen LogP contribution is -2.03. The normalized spacial score (nSPS) is 9.55. The predicted octanol–water partition coefficient (Wildman–Crippen LogP) is 0.501. The minimum absolute atomic E-state index is 0.137. The summed E-state index contributed by atoms with van der Waals surface area (Å²) in [6.45, 7) is 0. The van der Waals surface area contributed by atoms with Crippen LogP contribution >= 0.6 is 0 Å². The van der Waals surface area contributed by atoms with Crippen molar-refractivity contribution in [1.29, 1.82) is 0 Å². The average molecular weight is 156 g/mol. The second-order valence-electron chi connectivity index (χ2n) is 1.90. The third-order valence-electron chi connectivity index (χ3n) is 1.03. The number of halogens is 1. The van der Waals surface area contributed by atoms with E-state index >= 15 is 0 Å². The van der Waals surface area contributed by atoms with E-state index in [9.17, 15) is 9.18 Å². The van der Waals surface area contributed by atoms with Crippen LogP contribution in [0.5, 0.6) is 0 Å². The third kappa shape index (κ3) is 1.64. The topological polar surface area (TPSA) is 76.2 Å². The Morgan fingerprint density at radius 1 is 1.64 bits per heavy atom. The van der Waals surface area contributed by atoms with Gasteiger partial charge in [-0.15, -0.1) is 0 Å². The molecule has 0 aliphatic rings. The first-order valence-corrected chi connectivity index (χ1v) is 2.76. The fourth-order valence-corrected chi connectivity index (χ4v) is 0.627. The lowest BCUT2D eigenvalue weighted by Gasteiger charge is -1.95. The number of aromatic carboxylic acids is 1. The van der Waals surface area contributed by atoms with Gasteiger partial charge in [-0.05, 0) is 0 Å². The van der Waals surface area contributed by atoms with Gasteiger partial charge in [0, 0.05) is 12.1 Å². The number of hydrogen-bond donors (Lipinski definition) is 2. The number of rotatable bonds is 1. The summed E-state index contributed by atoms with van der Waals surface area (Å²) in [7, 11) is 0. The van der Waals surface area contributed by atoms with E-state index in [0.717, 1.165) is 12.1 Å². The molecule has 0 aliphatic carbocycles. The fourth-order valence-electron chi connectivity index (χ4n) is 0.627. The van der Waals surface area contributed by atoms with Crippen LogP contribution in [0.1, 0.15) is 10.5 Å². The number of carboxylic acid groups (broad SMARTS) is 1. The van der Waals surface area contributed by atoms with E-state index < -0.39 is 11.8 Å². The maximum absolute atomic E-state index is 12.4. The van der Waals surface area contributed by atoms with Crippen molar-refractivity contribution in [1.82, 2.24) is 4.98 Å². The molecule has 0 atom stereocenters. The zero-order chi connectivity index (χ0) is 8.43. The summed E-state index contributed by atoms with van der Waals surface area (Å²) in [6.07, 6.45) is 0. The van der Waals surface area contributed by atoms with Crippen molar-refractivity contribution >= 4 is 11.8 Å². The molecule has 0 bridgehead atoms. The van der Waals surface area contributed by atoms with Gasteiger partial charge in [0.15, 0.2) is 5.69 Å². The zero-order valence-electron chi connectivity index (χ0n) is 5.41. The molecule has 0 unspecified atom stereocenters. The monoisotopic (exact) mass is 156 g/mol. The van der Waals surface area contributed by atoms with Crippen LogP contribution in [0.3, 0.4) is 0 Å². The first kappa shape index (κ1) is 7.46. The van der Waals surface area contributed by atoms with Crippen molar-refractivity contribution < 1.29 is 14.3 Å². The van der Waals surface area contributed by atoms with Crippen LogP contribution in [0.4, 0.5) is 10.2 Å². The van der Waals surface area contributed by atoms with Crippen LogP contribution < -0.4 is 5.73 Å². The lowest BCUT2D eigenvalue weighted by atomic mass is 10.3. The van der Waals surface area contributed by atoms with Crippen molar-refractivity contribution in [2.45, 2.75) is 0 Å². The molecule has 3 N–H and O–H groups in total. The first-order valence-electron chi connectivity index (χ1n) is 2.76. The molecule has 1 aromatic rings. The summed E-state index contributed by atoms with van der Waals surface area (Å²) in [5, 5.41) is 8.35. The van der Waals surface area contributed by atoms with E-state index in [-0.39, 0.29) is 11.5 Å². The fraction of sp³-hybridized carbons (Fsp3) is 0. The van der Waals surface area contributed by atoms with Crippen LogP contribution in [0, 0.1) is 5.82 Å². The summed E-state index contributed by atoms with van der Waals surface area (Å²) in [6, 6.07) is 1.76. The molecule has 1 heterocycles. The van der Waals surface area contributed by atoms with Gasteiger partial charge in [-0.2, -0.15) is 0 Å². The molecule has 0 spiro atoms. The Morgan fingerprint density at radius 2 is 2.27 bits per heavy atom. The Kier molecular flexibility index (Phi) is 1.72. The lowest BCUT2D eigenvalue weighted by molar-refractivity contribution is 0.0690. The molecule has 58 valence electrons. The zero-order valence-corrected chi connectivity index (χ0v) is 5.41. The summed E-state index contributed by atoms with van der Waals surface area (Å²) in [4.78, 5) is 13.6. The van der Waals surface area contributed by atoms with Gasteiger partial charge in [-0.1, -0.05) is 0 Å². The minimum Gasteiger partial charge on any atom is -0.477 e. The van der Waals surface area contributed by atoms with Crippen molar-refractivity contribution in [3.8, 4) is 0 Å². The number of hydrogen-bond acceptors (Lipinski definition) is 3. The molecule has 0 radical (unpaired) electrons. The standard InChI is InChI=1S/C6H5FN2O2/c7-3-1-4(6(10)11)9-5(8)2-3/h1-2H,(H2,8,9)(H,10,11). The van der Waals surface area contributed by atoms with E-state index in [1.165, 1.54) is 0 Å². The molecule has 0 fully saturated rings. The van der Waals surface area contributed by atoms with E-state index in [2.05, 4.69) is 4.98 Å². The van der Waals surface area contributed by atoms with E-state index in [4.69, 9.17) is 10.8 Å². The Labute approximate surface area is 61.5 Å². The van der Waals surface area contributed by atoms with Crippen LogP contribution in [-0.2, 0) is 0 Å². The van der Waals surface area contributed by atoms with Crippen LogP contribution in [0.2, 0.25) is 0 Å². The summed E-state index contributed by atoms with van der Waals surface area (Å²) < 4.78 is 12.4. The van der Waals surface area contributed by atoms with Crippen LogP contribution in [0.15, 0.2) is 12.1 Å². The number of anilines is 1. The minimum atomic E-state index is -1.30. The highest BCUT2D eigenvalue weighted by molar-refractivity contribution is 5.85. The van der Waals surface area contributed by atoms with Gasteiger partial charge in [0.1, 0.15) is 11.6 Å². The number of pyridine rings is 1. The summed E-state index contributed by atoms with van der Waals surface area (Å²) in [5.74, 6) is -2.13. The molecule has 0 amide bonds. The quantitative estimate of drug-likeness (QED) is 0.620. The molecular weight excluding hydrogens is 151 g/mol. The van der Waals surface area contributed by atoms with Gasteiger partial charge in [0.2, 0.25) is 0 Å². The van der Waals surface area contributed by atoms with Gasteiger partial charge >= 0.3 is 5.97 Å². The van der Waals surface area contributed by atoms with Gasteiger partial charge < -0.3 is 10.8 Å². The van der Waals surface area contributed by atoms with E-state index in [0.29, 0.717) is 0 Å². The van der Waals surface area contributed by atoms with Crippen molar-refractivity contribution in [3.63, 3.8) is 0 Å². The van der Waals surface area contributed by atoms with Crippen molar-refractivity contribution in [2.75, 3.05) is 5.73 Å². The van der Waals surface area contributed by atoms with Crippen molar-refractivity contribution in [2.24, 2.45) is 0 Å². The molecule has 1 rings (SSSR count). The second-order valence-corrected chi connectivity index (χ2v) is 1.90. The molecule has 0 saturated carbocycles. The molecule has 4 nitrogen and oxygen atoms in total. The van der Waals surface area contributed by atoms with Gasteiger partial charge in [0.05, 0.1) is 0 Å². The Morgan fingerprint density at radius 3 is 2.73 bits per heavy atom. The predicted molar refractivity (Wildman–Crippen MR) is 35.6 cm³/mol. The molecule has 1 aromatic heterocycles. The number of nitrogens with zero attached hydrogens (tertiary/aromatic N) is 1. The average Bonchev–Trinajstić information content (AvgIpc) is 1.85. The number of carboxylic acids is 1. The van der Waals surface area contributed by atoms with Crippen molar-refractivity contribution in [3.05, 3.63) is 23.6 Å². The van der Waals surface area contributed by atoms with Crippen LogP contribution in [-0.4, -0.2) is 16.1 Å². The maximum Gasteiger partial charge on any atom is 0.354 e. The SMILES string of the molecule is Nc1cc(F)cc(C(=O)O)n1. The maximum atomic E-state index is 12.4. The highest BCUT2D eigenvalue weighted by atomic mass is 19.1. The highest BCUT2D eigenvalue weighted by Gasteiger charge is 2.06. The molecule has 11 heavy (non-hydrogen) atoms. The number of aromatic nitrogens is 1. The Bertz CT molecular complexity index is 280. The van der Waals surface area contributed by atoms with E-state index in [1.807, 2.05) is 0 Å². The summed E-state index contributed by atoms with van der Waals surface area (Å²) in [5.41, 5.74) is 4.70. The molecule has 5 heteroatoms.